The summed E-state index contributed by atoms with van der Waals surface area (Å²) >= 11 is 19.3. The molecule has 0 spiro atoms. The largest absolute Gasteiger partial charge is 0.296 e. The van der Waals surface area contributed by atoms with Gasteiger partial charge in [-0.25, -0.2) is 4.39 Å². The van der Waals surface area contributed by atoms with Gasteiger partial charge < -0.3 is 0 Å². The Morgan fingerprint density at radius 1 is 1.09 bits per heavy atom. The van der Waals surface area contributed by atoms with Gasteiger partial charge in [0.2, 0.25) is 5.91 Å². The number of carbonyl (C=O) groups excluding carboxylic acids is 1. The Kier molecular flexibility index (Phi) is 6.84. The Morgan fingerprint density at radius 2 is 1.70 bits per heavy atom. The van der Waals surface area contributed by atoms with E-state index in [-0.39, 0.29) is 18.1 Å². The summed E-state index contributed by atoms with van der Waals surface area (Å²) in [5, 5.41) is 1.03. The third kappa shape index (κ3) is 5.77. The number of rotatable bonds is 6. The lowest BCUT2D eigenvalue weighted by Crippen LogP contribution is -2.29. The molecular formula is C15H12Cl3FN2OS. The van der Waals surface area contributed by atoms with E-state index < -0.39 is 0 Å². The van der Waals surface area contributed by atoms with Crippen LogP contribution in [0.5, 0.6) is 0 Å². The first-order valence-corrected chi connectivity index (χ1v) is 8.65. The quantitative estimate of drug-likeness (QED) is 0.509. The second kappa shape index (κ2) is 8.64. The van der Waals surface area contributed by atoms with E-state index in [1.807, 2.05) is 0 Å². The Bertz CT molecular complexity index is 675. The SMILES string of the molecule is O=C(CCSc1ccc(F)cc1)NNc1c(Cl)cc(Cl)cc1Cl. The summed E-state index contributed by atoms with van der Waals surface area (Å²) in [6.07, 6.45) is 0.276. The van der Waals surface area contributed by atoms with Gasteiger partial charge in [-0.2, -0.15) is 0 Å². The fraction of sp³-hybridized carbons (Fsp3) is 0.133. The smallest absolute Gasteiger partial charge is 0.239 e. The number of benzene rings is 2. The second-order valence-corrected chi connectivity index (χ2v) is 6.89. The van der Waals surface area contributed by atoms with Crippen LogP contribution in [0, 0.1) is 5.82 Å². The zero-order valence-electron chi connectivity index (χ0n) is 11.7. The van der Waals surface area contributed by atoms with Crippen LogP contribution in [0.25, 0.3) is 0 Å². The van der Waals surface area contributed by atoms with Crippen LogP contribution < -0.4 is 10.9 Å². The summed E-state index contributed by atoms with van der Waals surface area (Å²) < 4.78 is 12.8. The van der Waals surface area contributed by atoms with Crippen molar-refractivity contribution in [1.82, 2.24) is 5.43 Å². The summed E-state index contributed by atoms with van der Waals surface area (Å²) in [6.45, 7) is 0. The first-order valence-electron chi connectivity index (χ1n) is 6.53. The van der Waals surface area contributed by atoms with Gasteiger partial charge >= 0.3 is 0 Å². The summed E-state index contributed by atoms with van der Waals surface area (Å²) in [5.41, 5.74) is 5.59. The van der Waals surface area contributed by atoms with Crippen molar-refractivity contribution >= 4 is 58.2 Å². The molecule has 0 aromatic heterocycles. The number of hydrazine groups is 1. The fourth-order valence-electron chi connectivity index (χ4n) is 1.65. The molecule has 0 fully saturated rings. The molecule has 23 heavy (non-hydrogen) atoms. The molecule has 0 heterocycles. The van der Waals surface area contributed by atoms with Gasteiger partial charge in [0.15, 0.2) is 0 Å². The highest BCUT2D eigenvalue weighted by Crippen LogP contribution is 2.33. The molecule has 0 saturated carbocycles. The first-order chi connectivity index (χ1) is 11.0. The third-order valence-electron chi connectivity index (χ3n) is 2.75. The summed E-state index contributed by atoms with van der Waals surface area (Å²) in [4.78, 5) is 12.7. The van der Waals surface area contributed by atoms with E-state index in [2.05, 4.69) is 10.9 Å². The van der Waals surface area contributed by atoms with Crippen molar-refractivity contribution in [3.8, 4) is 0 Å². The zero-order chi connectivity index (χ0) is 16.8. The number of anilines is 1. The number of carbonyl (C=O) groups is 1. The highest BCUT2D eigenvalue weighted by molar-refractivity contribution is 7.99. The average molecular weight is 394 g/mol. The zero-order valence-corrected chi connectivity index (χ0v) is 14.8. The van der Waals surface area contributed by atoms with E-state index in [0.717, 1.165) is 4.90 Å². The topological polar surface area (TPSA) is 41.1 Å². The van der Waals surface area contributed by atoms with Gasteiger partial charge in [-0.3, -0.25) is 15.6 Å². The maximum absolute atomic E-state index is 12.8. The Labute approximate surface area is 152 Å². The highest BCUT2D eigenvalue weighted by Gasteiger charge is 2.09. The van der Waals surface area contributed by atoms with E-state index in [1.165, 1.54) is 36.0 Å². The van der Waals surface area contributed by atoms with Crippen LogP contribution in [0.2, 0.25) is 15.1 Å². The monoisotopic (exact) mass is 392 g/mol. The molecule has 8 heteroatoms. The van der Waals surface area contributed by atoms with Gasteiger partial charge in [0.1, 0.15) is 5.82 Å². The van der Waals surface area contributed by atoms with Gasteiger partial charge in [0, 0.05) is 22.1 Å². The third-order valence-corrected chi connectivity index (χ3v) is 4.57. The minimum Gasteiger partial charge on any atom is -0.296 e. The van der Waals surface area contributed by atoms with Crippen LogP contribution in [0.4, 0.5) is 10.1 Å². The van der Waals surface area contributed by atoms with Gasteiger partial charge in [0.25, 0.3) is 0 Å². The molecular weight excluding hydrogens is 382 g/mol. The molecule has 0 bridgehead atoms. The van der Waals surface area contributed by atoms with Crippen molar-refractivity contribution in [1.29, 1.82) is 0 Å². The van der Waals surface area contributed by atoms with Crippen LogP contribution in [0.3, 0.4) is 0 Å². The normalized spacial score (nSPS) is 10.4. The first kappa shape index (κ1) is 18.2. The standard InChI is InChI=1S/C15H12Cl3FN2OS/c16-9-7-12(17)15(13(18)8-9)21-20-14(22)5-6-23-11-3-1-10(19)2-4-11/h1-4,7-8,21H,5-6H2,(H,20,22). The Hall–Kier alpha value is -1.14. The highest BCUT2D eigenvalue weighted by atomic mass is 35.5. The second-order valence-electron chi connectivity index (χ2n) is 4.47. The van der Waals surface area contributed by atoms with Crippen LogP contribution in [0.1, 0.15) is 6.42 Å². The van der Waals surface area contributed by atoms with Gasteiger partial charge in [0.05, 0.1) is 15.7 Å². The van der Waals surface area contributed by atoms with Crippen LogP contribution >= 0.6 is 46.6 Å². The van der Waals surface area contributed by atoms with Crippen molar-refractivity contribution in [2.24, 2.45) is 0 Å². The molecule has 0 atom stereocenters. The number of halogens is 4. The molecule has 0 saturated heterocycles. The van der Waals surface area contributed by atoms with Crippen molar-refractivity contribution in [2.45, 2.75) is 11.3 Å². The molecule has 0 radical (unpaired) electrons. The summed E-state index contributed by atoms with van der Waals surface area (Å²) in [7, 11) is 0. The molecule has 2 aromatic rings. The van der Waals surface area contributed by atoms with E-state index in [1.54, 1.807) is 12.1 Å². The molecule has 0 aliphatic rings. The molecule has 2 rings (SSSR count). The van der Waals surface area contributed by atoms with E-state index in [0.29, 0.717) is 26.5 Å². The van der Waals surface area contributed by atoms with Crippen LogP contribution in [-0.2, 0) is 4.79 Å². The summed E-state index contributed by atoms with van der Waals surface area (Å²) in [6, 6.07) is 9.15. The number of hydrogen-bond acceptors (Lipinski definition) is 3. The van der Waals surface area contributed by atoms with Crippen LogP contribution in [0.15, 0.2) is 41.3 Å². The minimum atomic E-state index is -0.284. The lowest BCUT2D eigenvalue weighted by atomic mass is 10.3. The van der Waals surface area contributed by atoms with E-state index in [9.17, 15) is 9.18 Å². The number of hydrogen-bond donors (Lipinski definition) is 2. The molecule has 2 N–H and O–H groups in total. The molecule has 0 unspecified atom stereocenters. The molecule has 2 aromatic carbocycles. The average Bonchev–Trinajstić information content (AvgIpc) is 2.48. The number of nitrogens with one attached hydrogen (secondary N) is 2. The lowest BCUT2D eigenvalue weighted by Gasteiger charge is -2.12. The van der Waals surface area contributed by atoms with Crippen molar-refractivity contribution in [2.75, 3.05) is 11.2 Å². The fourth-order valence-corrected chi connectivity index (χ4v) is 3.41. The molecule has 122 valence electrons. The Balaban J connectivity index is 1.78. The molecule has 3 nitrogen and oxygen atoms in total. The maximum Gasteiger partial charge on any atom is 0.239 e. The predicted molar refractivity (Wildman–Crippen MR) is 95.0 cm³/mol. The molecule has 0 aliphatic carbocycles. The van der Waals surface area contributed by atoms with E-state index >= 15 is 0 Å². The number of thioether (sulfide) groups is 1. The molecule has 0 aliphatic heterocycles. The van der Waals surface area contributed by atoms with E-state index in [4.69, 9.17) is 34.8 Å². The van der Waals surface area contributed by atoms with Gasteiger partial charge in [-0.15, -0.1) is 11.8 Å². The lowest BCUT2D eigenvalue weighted by molar-refractivity contribution is -0.120. The number of amides is 1. The molecule has 1 amide bonds. The van der Waals surface area contributed by atoms with Crippen molar-refractivity contribution in [3.63, 3.8) is 0 Å². The van der Waals surface area contributed by atoms with Crippen LogP contribution in [-0.4, -0.2) is 11.7 Å². The van der Waals surface area contributed by atoms with Gasteiger partial charge in [-0.05, 0) is 36.4 Å². The van der Waals surface area contributed by atoms with Gasteiger partial charge in [-0.1, -0.05) is 34.8 Å². The minimum absolute atomic E-state index is 0.221. The van der Waals surface area contributed by atoms with Crippen molar-refractivity contribution in [3.05, 3.63) is 57.3 Å². The maximum atomic E-state index is 12.8. The Morgan fingerprint density at radius 3 is 2.30 bits per heavy atom. The summed E-state index contributed by atoms with van der Waals surface area (Å²) in [5.74, 6) is 0.0519. The van der Waals surface area contributed by atoms with Crippen molar-refractivity contribution < 1.29 is 9.18 Å². The predicted octanol–water partition coefficient (Wildman–Crippen LogP) is 5.41.